The third-order valence-electron chi connectivity index (χ3n) is 9.39. The SMILES string of the molecule is C=C1C2=C(C)C3C(=C)C(C(C)C)=C(C)CC3CC2(C)Cc2c(/C=C/C3=CC=C(C)CC3)ccc(N)c21. The molecular weight excluding hydrogens is 434 g/mol. The Bertz CT molecular complexity index is 1320. The highest BCUT2D eigenvalue weighted by Crippen LogP contribution is 2.60. The van der Waals surface area contributed by atoms with Gasteiger partial charge in [0.05, 0.1) is 0 Å². The summed E-state index contributed by atoms with van der Waals surface area (Å²) < 4.78 is 0. The number of nitrogens with two attached hydrogens (primary N) is 1. The van der Waals surface area contributed by atoms with Crippen LogP contribution in [0.4, 0.5) is 5.69 Å². The van der Waals surface area contributed by atoms with Gasteiger partial charge in [-0.15, -0.1) is 0 Å². The minimum atomic E-state index is 0.0750. The minimum absolute atomic E-state index is 0.0750. The number of fused-ring (bicyclic) bond motifs is 3. The van der Waals surface area contributed by atoms with Gasteiger partial charge in [0, 0.05) is 17.2 Å². The van der Waals surface area contributed by atoms with Crippen molar-refractivity contribution in [3.8, 4) is 0 Å². The van der Waals surface area contributed by atoms with Crippen molar-refractivity contribution in [3.05, 3.63) is 99.2 Å². The highest BCUT2D eigenvalue weighted by Gasteiger charge is 2.48. The van der Waals surface area contributed by atoms with Crippen LogP contribution in [0.1, 0.15) is 83.9 Å². The Labute approximate surface area is 219 Å². The molecule has 0 bridgehead atoms. The second-order valence-electron chi connectivity index (χ2n) is 12.5. The van der Waals surface area contributed by atoms with E-state index < -0.39 is 0 Å². The van der Waals surface area contributed by atoms with E-state index in [2.05, 4.69) is 84.6 Å². The zero-order valence-electron chi connectivity index (χ0n) is 23.2. The number of hydrogen-bond donors (Lipinski definition) is 1. The van der Waals surface area contributed by atoms with Crippen LogP contribution in [-0.4, -0.2) is 0 Å². The molecule has 1 aromatic carbocycles. The van der Waals surface area contributed by atoms with Gasteiger partial charge in [-0.3, -0.25) is 0 Å². The lowest BCUT2D eigenvalue weighted by Gasteiger charge is -2.52. The molecule has 0 saturated heterocycles. The van der Waals surface area contributed by atoms with Gasteiger partial charge in [-0.05, 0) is 115 Å². The van der Waals surface area contributed by atoms with E-state index in [9.17, 15) is 0 Å². The molecule has 4 aliphatic carbocycles. The monoisotopic (exact) mass is 477 g/mol. The van der Waals surface area contributed by atoms with Gasteiger partial charge in [0.15, 0.2) is 0 Å². The standard InChI is InChI=1S/C35H43N/c1-20(2)31-22(4)17-28-18-35(8)19-29-27(14-13-26-11-9-21(3)10-12-26)15-16-30(36)33(29)25(7)34(35)24(6)32(28)23(31)5/h9,11,13-16,20,28,32H,5,7,10,12,17-19,36H2,1-4,6,8H3/b14-13+. The number of allylic oxidation sites excluding steroid dienone is 11. The number of benzene rings is 1. The normalized spacial score (nSPS) is 28.3. The average molecular weight is 478 g/mol. The Kier molecular flexibility index (Phi) is 6.18. The predicted molar refractivity (Wildman–Crippen MR) is 157 cm³/mol. The van der Waals surface area contributed by atoms with E-state index >= 15 is 0 Å². The van der Waals surface area contributed by atoms with E-state index in [1.165, 1.54) is 63.0 Å². The zero-order chi connectivity index (χ0) is 25.9. The lowest BCUT2D eigenvalue weighted by Crippen LogP contribution is -2.41. The summed E-state index contributed by atoms with van der Waals surface area (Å²) in [4.78, 5) is 0. The van der Waals surface area contributed by atoms with Gasteiger partial charge in [-0.2, -0.15) is 0 Å². The molecular formula is C35H43N. The van der Waals surface area contributed by atoms with Gasteiger partial charge < -0.3 is 5.73 Å². The molecule has 36 heavy (non-hydrogen) atoms. The zero-order valence-corrected chi connectivity index (χ0v) is 23.2. The second-order valence-corrected chi connectivity index (χ2v) is 12.5. The van der Waals surface area contributed by atoms with Gasteiger partial charge in [0.2, 0.25) is 0 Å². The molecule has 4 aliphatic rings. The van der Waals surface area contributed by atoms with Crippen molar-refractivity contribution in [3.63, 3.8) is 0 Å². The summed E-state index contributed by atoms with van der Waals surface area (Å²) >= 11 is 0. The first-order chi connectivity index (χ1) is 17.0. The van der Waals surface area contributed by atoms with Gasteiger partial charge in [-0.25, -0.2) is 0 Å². The molecule has 3 atom stereocenters. The highest BCUT2D eigenvalue weighted by molar-refractivity contribution is 5.91. The fourth-order valence-corrected chi connectivity index (χ4v) is 8.08. The van der Waals surface area contributed by atoms with Gasteiger partial charge in [0.25, 0.3) is 0 Å². The Balaban J connectivity index is 1.59. The number of hydrogen-bond acceptors (Lipinski definition) is 1. The molecule has 1 aromatic rings. The summed E-state index contributed by atoms with van der Waals surface area (Å²) in [5.74, 6) is 1.56. The molecule has 0 aromatic heterocycles. The first-order valence-corrected chi connectivity index (χ1v) is 13.8. The first kappa shape index (κ1) is 24.9. The molecule has 0 amide bonds. The molecule has 188 valence electrons. The summed E-state index contributed by atoms with van der Waals surface area (Å²) in [6.07, 6.45) is 14.8. The van der Waals surface area contributed by atoms with Gasteiger partial charge in [0.1, 0.15) is 0 Å². The van der Waals surface area contributed by atoms with Crippen LogP contribution in [-0.2, 0) is 6.42 Å². The molecule has 0 aliphatic heterocycles. The summed E-state index contributed by atoms with van der Waals surface area (Å²) in [5, 5.41) is 0. The molecule has 5 rings (SSSR count). The fourth-order valence-electron chi connectivity index (χ4n) is 8.08. The van der Waals surface area contributed by atoms with Crippen LogP contribution >= 0.6 is 0 Å². The number of nitrogen functional groups attached to an aromatic ring is 1. The maximum atomic E-state index is 6.65. The molecule has 3 unspecified atom stereocenters. The van der Waals surface area contributed by atoms with Crippen LogP contribution < -0.4 is 5.73 Å². The van der Waals surface area contributed by atoms with Gasteiger partial charge in [-0.1, -0.05) is 81.0 Å². The fraction of sp³-hybridized carbons (Fsp3) is 0.429. The summed E-state index contributed by atoms with van der Waals surface area (Å²) in [5.41, 5.74) is 22.7. The minimum Gasteiger partial charge on any atom is -0.398 e. The molecule has 0 radical (unpaired) electrons. The maximum Gasteiger partial charge on any atom is 0.0396 e. The second kappa shape index (κ2) is 8.94. The molecule has 1 heteroatoms. The Morgan fingerprint density at radius 2 is 1.81 bits per heavy atom. The third-order valence-corrected chi connectivity index (χ3v) is 9.39. The van der Waals surface area contributed by atoms with Crippen molar-refractivity contribution in [2.45, 2.75) is 73.6 Å². The van der Waals surface area contributed by atoms with Crippen molar-refractivity contribution in [1.29, 1.82) is 0 Å². The Hall–Kier alpha value is -2.80. The van der Waals surface area contributed by atoms with E-state index in [1.54, 1.807) is 5.57 Å². The van der Waals surface area contributed by atoms with E-state index in [1.807, 2.05) is 0 Å². The molecule has 1 nitrogen and oxygen atoms in total. The summed E-state index contributed by atoms with van der Waals surface area (Å²) in [6, 6.07) is 4.29. The maximum absolute atomic E-state index is 6.65. The van der Waals surface area contributed by atoms with Crippen LogP contribution in [0.5, 0.6) is 0 Å². The van der Waals surface area contributed by atoms with Crippen LogP contribution in [0.2, 0.25) is 0 Å². The van der Waals surface area contributed by atoms with Crippen LogP contribution in [0.15, 0.2) is 82.5 Å². The van der Waals surface area contributed by atoms with Crippen molar-refractivity contribution < 1.29 is 0 Å². The van der Waals surface area contributed by atoms with E-state index in [0.717, 1.165) is 30.5 Å². The lowest BCUT2D eigenvalue weighted by molar-refractivity contribution is 0.219. The predicted octanol–water partition coefficient (Wildman–Crippen LogP) is 9.41. The molecule has 0 saturated carbocycles. The van der Waals surface area contributed by atoms with E-state index in [4.69, 9.17) is 12.3 Å². The smallest absolute Gasteiger partial charge is 0.0396 e. The molecule has 0 heterocycles. The van der Waals surface area contributed by atoms with Crippen molar-refractivity contribution >= 4 is 17.3 Å². The van der Waals surface area contributed by atoms with Crippen molar-refractivity contribution in [1.82, 2.24) is 0 Å². The van der Waals surface area contributed by atoms with Crippen molar-refractivity contribution in [2.75, 3.05) is 5.73 Å². The van der Waals surface area contributed by atoms with E-state index in [0.29, 0.717) is 17.8 Å². The topological polar surface area (TPSA) is 26.0 Å². The third kappa shape index (κ3) is 3.92. The molecule has 0 fully saturated rings. The number of rotatable bonds is 3. The van der Waals surface area contributed by atoms with Crippen molar-refractivity contribution in [2.24, 2.45) is 23.2 Å². The summed E-state index contributed by atoms with van der Waals surface area (Å²) in [6.45, 7) is 23.4. The largest absolute Gasteiger partial charge is 0.398 e. The lowest BCUT2D eigenvalue weighted by atomic mass is 9.52. The molecule has 2 N–H and O–H groups in total. The van der Waals surface area contributed by atoms with Crippen LogP contribution in [0, 0.1) is 23.2 Å². The first-order valence-electron chi connectivity index (χ1n) is 13.8. The average Bonchev–Trinajstić information content (AvgIpc) is 2.78. The summed E-state index contributed by atoms with van der Waals surface area (Å²) in [7, 11) is 0. The molecule has 0 spiro atoms. The number of anilines is 1. The van der Waals surface area contributed by atoms with Crippen LogP contribution in [0.3, 0.4) is 0 Å². The Morgan fingerprint density at radius 3 is 2.47 bits per heavy atom. The van der Waals surface area contributed by atoms with Crippen LogP contribution in [0.25, 0.3) is 11.6 Å². The van der Waals surface area contributed by atoms with Gasteiger partial charge >= 0.3 is 0 Å². The quantitative estimate of drug-likeness (QED) is 0.431. The highest BCUT2D eigenvalue weighted by atomic mass is 14.6. The Morgan fingerprint density at radius 1 is 1.06 bits per heavy atom. The van der Waals surface area contributed by atoms with E-state index in [-0.39, 0.29) is 5.41 Å².